The first-order valence-electron chi connectivity index (χ1n) is 7.05. The second kappa shape index (κ2) is 7.20. The van der Waals surface area contributed by atoms with E-state index in [4.69, 9.17) is 0 Å². The van der Waals surface area contributed by atoms with Crippen LogP contribution < -0.4 is 10.6 Å². The third kappa shape index (κ3) is 4.85. The van der Waals surface area contributed by atoms with Gasteiger partial charge in [0.15, 0.2) is 0 Å². The van der Waals surface area contributed by atoms with Crippen LogP contribution in [0.3, 0.4) is 0 Å². The van der Waals surface area contributed by atoms with Crippen molar-refractivity contribution in [2.45, 2.75) is 34.2 Å². The monoisotopic (exact) mass is 294 g/mol. The number of benzene rings is 1. The van der Waals surface area contributed by atoms with Gasteiger partial charge in [0, 0.05) is 18.7 Å². The molecule has 1 aromatic rings. The van der Waals surface area contributed by atoms with Crippen molar-refractivity contribution in [1.29, 1.82) is 0 Å². The molecule has 116 valence electrons. The summed E-state index contributed by atoms with van der Waals surface area (Å²) in [5.74, 6) is -0.819. The molecule has 0 bridgehead atoms. The van der Waals surface area contributed by atoms with Crippen LogP contribution in [-0.4, -0.2) is 18.4 Å². The summed E-state index contributed by atoms with van der Waals surface area (Å²) >= 11 is 0. The highest BCUT2D eigenvalue weighted by molar-refractivity contribution is 6.04. The van der Waals surface area contributed by atoms with Crippen LogP contribution in [-0.2, 0) is 16.1 Å². The van der Waals surface area contributed by atoms with Gasteiger partial charge in [0.25, 0.3) is 0 Å². The number of nitrogens with one attached hydrogen (secondary N) is 2. The Morgan fingerprint density at radius 3 is 2.29 bits per heavy atom. The average Bonchev–Trinajstić information content (AvgIpc) is 2.43. The van der Waals surface area contributed by atoms with Gasteiger partial charge >= 0.3 is 0 Å². The van der Waals surface area contributed by atoms with Gasteiger partial charge in [-0.1, -0.05) is 32.0 Å². The summed E-state index contributed by atoms with van der Waals surface area (Å²) in [6.07, 6.45) is 0. The Labute approximate surface area is 125 Å². The fraction of sp³-hybridized carbons (Fsp3) is 0.500. The van der Waals surface area contributed by atoms with E-state index in [0.717, 1.165) is 0 Å². The third-order valence-electron chi connectivity index (χ3n) is 3.20. The van der Waals surface area contributed by atoms with Crippen molar-refractivity contribution < 1.29 is 14.0 Å². The first-order valence-corrected chi connectivity index (χ1v) is 7.05. The van der Waals surface area contributed by atoms with Gasteiger partial charge in [-0.3, -0.25) is 9.59 Å². The van der Waals surface area contributed by atoms with Gasteiger partial charge < -0.3 is 10.6 Å². The van der Waals surface area contributed by atoms with E-state index in [1.165, 1.54) is 6.07 Å². The van der Waals surface area contributed by atoms with Crippen molar-refractivity contribution in [3.8, 4) is 0 Å². The predicted octanol–water partition coefficient (Wildman–Crippen LogP) is 2.24. The Balaban J connectivity index is 2.61. The van der Waals surface area contributed by atoms with Gasteiger partial charge in [-0.05, 0) is 25.8 Å². The van der Waals surface area contributed by atoms with Crippen molar-refractivity contribution in [2.75, 3.05) is 6.54 Å². The smallest absolute Gasteiger partial charge is 0.235 e. The van der Waals surface area contributed by atoms with Gasteiger partial charge in [-0.15, -0.1) is 0 Å². The summed E-state index contributed by atoms with van der Waals surface area (Å²) < 4.78 is 13.5. The predicted molar refractivity (Wildman–Crippen MR) is 79.9 cm³/mol. The van der Waals surface area contributed by atoms with E-state index in [1.54, 1.807) is 32.0 Å². The highest BCUT2D eigenvalue weighted by atomic mass is 19.1. The lowest BCUT2D eigenvalue weighted by Gasteiger charge is -2.23. The molecular weight excluding hydrogens is 271 g/mol. The minimum atomic E-state index is -1.19. The summed E-state index contributed by atoms with van der Waals surface area (Å²) in [7, 11) is 0. The van der Waals surface area contributed by atoms with Gasteiger partial charge in [0.1, 0.15) is 11.2 Å². The molecule has 0 radical (unpaired) electrons. The first-order chi connectivity index (χ1) is 9.75. The lowest BCUT2D eigenvalue weighted by atomic mass is 9.90. The molecular formula is C16H23FN2O2. The zero-order valence-electron chi connectivity index (χ0n) is 13.0. The van der Waals surface area contributed by atoms with Crippen molar-refractivity contribution >= 4 is 11.8 Å². The quantitative estimate of drug-likeness (QED) is 0.791. The molecule has 0 fully saturated rings. The van der Waals surface area contributed by atoms with Crippen LogP contribution in [0.2, 0.25) is 0 Å². The molecule has 2 N–H and O–H groups in total. The van der Waals surface area contributed by atoms with Crippen LogP contribution in [0, 0.1) is 17.2 Å². The lowest BCUT2D eigenvalue weighted by molar-refractivity contribution is -0.141. The van der Waals surface area contributed by atoms with Crippen LogP contribution in [0.15, 0.2) is 24.3 Å². The average molecular weight is 294 g/mol. The zero-order valence-corrected chi connectivity index (χ0v) is 13.0. The van der Waals surface area contributed by atoms with Crippen molar-refractivity contribution in [3.63, 3.8) is 0 Å². The van der Waals surface area contributed by atoms with E-state index in [0.29, 0.717) is 18.0 Å². The number of carbonyl (C=O) groups excluding carboxylic acids is 2. The van der Waals surface area contributed by atoms with E-state index in [1.807, 2.05) is 13.8 Å². The van der Waals surface area contributed by atoms with Gasteiger partial charge in [0.2, 0.25) is 11.8 Å². The van der Waals surface area contributed by atoms with Gasteiger partial charge in [0.05, 0.1) is 0 Å². The van der Waals surface area contributed by atoms with Crippen LogP contribution >= 0.6 is 0 Å². The molecule has 0 unspecified atom stereocenters. The highest BCUT2D eigenvalue weighted by Crippen LogP contribution is 2.16. The molecule has 4 nitrogen and oxygen atoms in total. The van der Waals surface area contributed by atoms with Crippen molar-refractivity contribution in [3.05, 3.63) is 35.6 Å². The molecule has 0 heterocycles. The Morgan fingerprint density at radius 1 is 1.14 bits per heavy atom. The molecule has 0 aliphatic rings. The van der Waals surface area contributed by atoms with Crippen LogP contribution in [0.25, 0.3) is 0 Å². The van der Waals surface area contributed by atoms with E-state index < -0.39 is 11.3 Å². The van der Waals surface area contributed by atoms with E-state index >= 15 is 0 Å². The van der Waals surface area contributed by atoms with Gasteiger partial charge in [-0.25, -0.2) is 4.39 Å². The van der Waals surface area contributed by atoms with E-state index in [9.17, 15) is 14.0 Å². The SMILES string of the molecule is CC(C)CNC(=O)C(C)(C)C(=O)NCc1ccccc1F. The van der Waals surface area contributed by atoms with Crippen molar-refractivity contribution in [2.24, 2.45) is 11.3 Å². The summed E-state index contributed by atoms with van der Waals surface area (Å²) in [5.41, 5.74) is -0.801. The molecule has 5 heteroatoms. The highest BCUT2D eigenvalue weighted by Gasteiger charge is 2.35. The summed E-state index contributed by atoms with van der Waals surface area (Å²) in [6, 6.07) is 6.22. The Morgan fingerprint density at radius 2 is 1.71 bits per heavy atom. The maximum atomic E-state index is 13.5. The normalized spacial score (nSPS) is 11.3. The second-order valence-corrected chi connectivity index (χ2v) is 6.00. The van der Waals surface area contributed by atoms with E-state index in [2.05, 4.69) is 10.6 Å². The minimum Gasteiger partial charge on any atom is -0.355 e. The molecule has 2 amide bonds. The third-order valence-corrected chi connectivity index (χ3v) is 3.20. The Hall–Kier alpha value is -1.91. The van der Waals surface area contributed by atoms with Gasteiger partial charge in [-0.2, -0.15) is 0 Å². The number of halogens is 1. The number of carbonyl (C=O) groups is 2. The molecule has 0 spiro atoms. The largest absolute Gasteiger partial charge is 0.355 e. The molecule has 0 saturated heterocycles. The van der Waals surface area contributed by atoms with Crippen molar-refractivity contribution in [1.82, 2.24) is 10.6 Å². The lowest BCUT2D eigenvalue weighted by Crippen LogP contribution is -2.48. The van der Waals surface area contributed by atoms with E-state index in [-0.39, 0.29) is 18.3 Å². The number of amides is 2. The Kier molecular flexibility index (Phi) is 5.88. The fourth-order valence-electron chi connectivity index (χ4n) is 1.66. The number of hydrogen-bond acceptors (Lipinski definition) is 2. The summed E-state index contributed by atoms with van der Waals surface area (Å²) in [4.78, 5) is 24.2. The van der Waals surface area contributed by atoms with Crippen LogP contribution in [0.4, 0.5) is 4.39 Å². The molecule has 0 atom stereocenters. The zero-order chi connectivity index (χ0) is 16.0. The molecule has 1 aromatic carbocycles. The number of hydrogen-bond donors (Lipinski definition) is 2. The molecule has 0 saturated carbocycles. The standard InChI is InChI=1S/C16H23FN2O2/c1-11(2)9-18-14(20)16(3,4)15(21)19-10-12-7-5-6-8-13(12)17/h5-8,11H,9-10H2,1-4H3,(H,18,20)(H,19,21). The topological polar surface area (TPSA) is 58.2 Å². The molecule has 0 aliphatic carbocycles. The van der Waals surface area contributed by atoms with Crippen LogP contribution in [0.1, 0.15) is 33.3 Å². The van der Waals surface area contributed by atoms with Crippen LogP contribution in [0.5, 0.6) is 0 Å². The Bertz CT molecular complexity index is 513. The maximum Gasteiger partial charge on any atom is 0.235 e. The first kappa shape index (κ1) is 17.1. The second-order valence-electron chi connectivity index (χ2n) is 6.00. The molecule has 1 rings (SSSR count). The fourth-order valence-corrected chi connectivity index (χ4v) is 1.66. The summed E-state index contributed by atoms with van der Waals surface area (Å²) in [5, 5.41) is 5.35. The number of rotatable bonds is 6. The molecule has 21 heavy (non-hydrogen) atoms. The molecule has 0 aromatic heterocycles. The minimum absolute atomic E-state index is 0.0619. The summed E-state index contributed by atoms with van der Waals surface area (Å²) in [6.45, 7) is 7.64. The molecule has 0 aliphatic heterocycles. The maximum absolute atomic E-state index is 13.5.